The van der Waals surface area contributed by atoms with Crippen molar-refractivity contribution in [1.82, 2.24) is 4.90 Å². The van der Waals surface area contributed by atoms with E-state index >= 15 is 0 Å². The van der Waals surface area contributed by atoms with E-state index in [1.807, 2.05) is 12.1 Å². The van der Waals surface area contributed by atoms with Crippen molar-refractivity contribution < 1.29 is 28.7 Å². The van der Waals surface area contributed by atoms with Crippen LogP contribution < -0.4 is 10.1 Å². The second kappa shape index (κ2) is 9.52. The van der Waals surface area contributed by atoms with Gasteiger partial charge in [-0.05, 0) is 36.1 Å². The smallest absolute Gasteiger partial charge is 0.306 e. The zero-order chi connectivity index (χ0) is 23.4. The largest absolute Gasteiger partial charge is 0.497 e. The normalized spacial score (nSPS) is 12.6. The number of rotatable bonds is 8. The van der Waals surface area contributed by atoms with Gasteiger partial charge in [-0.3, -0.25) is 24.1 Å². The second-order valence-corrected chi connectivity index (χ2v) is 7.52. The van der Waals surface area contributed by atoms with Crippen LogP contribution in [0, 0.1) is 0 Å². The molecule has 3 amide bonds. The van der Waals surface area contributed by atoms with Crippen LogP contribution in [0.25, 0.3) is 10.8 Å². The molecule has 0 aliphatic carbocycles. The standard InChI is InChI=1S/C25H22N2O6/c1-32-18-9-4-8-17(14-18)26-21(28)15-33-22(29)12-5-13-27-24(30)19-10-2-6-16-7-3-11-20(23(16)19)25(27)31/h2-4,6-11,14H,5,12-13,15H2,1H3,(H,26,28). The summed E-state index contributed by atoms with van der Waals surface area (Å²) < 4.78 is 10.1. The van der Waals surface area contributed by atoms with Crippen molar-refractivity contribution in [1.29, 1.82) is 0 Å². The molecule has 3 aromatic rings. The van der Waals surface area contributed by atoms with Gasteiger partial charge in [-0.15, -0.1) is 0 Å². The number of hydrogen-bond acceptors (Lipinski definition) is 6. The number of nitrogens with zero attached hydrogens (tertiary/aromatic N) is 1. The van der Waals surface area contributed by atoms with Crippen LogP contribution in [0.1, 0.15) is 33.6 Å². The second-order valence-electron chi connectivity index (χ2n) is 7.52. The minimum Gasteiger partial charge on any atom is -0.497 e. The molecule has 0 fully saturated rings. The molecule has 0 atom stereocenters. The van der Waals surface area contributed by atoms with Gasteiger partial charge in [0.2, 0.25) is 0 Å². The summed E-state index contributed by atoms with van der Waals surface area (Å²) in [5.74, 6) is -1.24. The Kier molecular flexibility index (Phi) is 6.35. The lowest BCUT2D eigenvalue weighted by Crippen LogP contribution is -2.41. The van der Waals surface area contributed by atoms with Gasteiger partial charge in [-0.1, -0.05) is 30.3 Å². The Balaban J connectivity index is 1.28. The maximum Gasteiger partial charge on any atom is 0.306 e. The molecule has 1 aliphatic heterocycles. The third-order valence-electron chi connectivity index (χ3n) is 5.34. The number of methoxy groups -OCH3 is 1. The van der Waals surface area contributed by atoms with E-state index in [0.717, 1.165) is 10.3 Å². The number of hydrogen-bond donors (Lipinski definition) is 1. The van der Waals surface area contributed by atoms with Gasteiger partial charge >= 0.3 is 5.97 Å². The molecule has 8 nitrogen and oxygen atoms in total. The van der Waals surface area contributed by atoms with Crippen molar-refractivity contribution in [3.8, 4) is 5.75 Å². The van der Waals surface area contributed by atoms with Crippen LogP contribution >= 0.6 is 0 Å². The molecular formula is C25H22N2O6. The van der Waals surface area contributed by atoms with Crippen molar-refractivity contribution in [3.63, 3.8) is 0 Å². The topological polar surface area (TPSA) is 102 Å². The number of imide groups is 1. The summed E-state index contributed by atoms with van der Waals surface area (Å²) in [6, 6.07) is 17.5. The molecule has 33 heavy (non-hydrogen) atoms. The number of ether oxygens (including phenoxy) is 2. The van der Waals surface area contributed by atoms with E-state index in [-0.39, 0.29) is 31.2 Å². The van der Waals surface area contributed by atoms with Gasteiger partial charge in [-0.25, -0.2) is 0 Å². The Labute approximate surface area is 190 Å². The third kappa shape index (κ3) is 4.69. The number of anilines is 1. The summed E-state index contributed by atoms with van der Waals surface area (Å²) in [7, 11) is 1.52. The van der Waals surface area contributed by atoms with Gasteiger partial charge in [-0.2, -0.15) is 0 Å². The van der Waals surface area contributed by atoms with Gasteiger partial charge < -0.3 is 14.8 Å². The Bertz CT molecular complexity index is 1200. The minimum absolute atomic E-state index is 0.0324. The summed E-state index contributed by atoms with van der Waals surface area (Å²) in [5, 5.41) is 4.11. The van der Waals surface area contributed by atoms with Gasteiger partial charge in [0.25, 0.3) is 17.7 Å². The van der Waals surface area contributed by atoms with Crippen molar-refractivity contribution in [2.45, 2.75) is 12.8 Å². The molecule has 1 N–H and O–H groups in total. The van der Waals surface area contributed by atoms with E-state index in [2.05, 4.69) is 5.32 Å². The van der Waals surface area contributed by atoms with Crippen molar-refractivity contribution >= 4 is 40.2 Å². The lowest BCUT2D eigenvalue weighted by Gasteiger charge is -2.27. The lowest BCUT2D eigenvalue weighted by atomic mass is 9.94. The summed E-state index contributed by atoms with van der Waals surface area (Å²) in [6.45, 7) is -0.361. The van der Waals surface area contributed by atoms with E-state index in [9.17, 15) is 19.2 Å². The highest BCUT2D eigenvalue weighted by Gasteiger charge is 2.32. The molecule has 0 aromatic heterocycles. The fourth-order valence-electron chi connectivity index (χ4n) is 3.78. The molecule has 4 rings (SSSR count). The molecule has 8 heteroatoms. The lowest BCUT2D eigenvalue weighted by molar-refractivity contribution is -0.147. The summed E-state index contributed by atoms with van der Waals surface area (Å²) in [4.78, 5) is 50.9. The number of carbonyl (C=O) groups is 4. The van der Waals surface area contributed by atoms with Crippen LogP contribution in [0.5, 0.6) is 5.75 Å². The summed E-state index contributed by atoms with van der Waals surface area (Å²) >= 11 is 0. The fourth-order valence-corrected chi connectivity index (χ4v) is 3.78. The molecular weight excluding hydrogens is 424 g/mol. The highest BCUT2D eigenvalue weighted by atomic mass is 16.5. The van der Waals surface area contributed by atoms with Gasteiger partial charge in [0.1, 0.15) is 5.75 Å². The molecule has 0 bridgehead atoms. The molecule has 0 radical (unpaired) electrons. The average molecular weight is 446 g/mol. The van der Waals surface area contributed by atoms with Gasteiger partial charge in [0.05, 0.1) is 7.11 Å². The predicted octanol–water partition coefficient (Wildman–Crippen LogP) is 3.41. The summed E-state index contributed by atoms with van der Waals surface area (Å²) in [6.07, 6.45) is 0.196. The zero-order valence-electron chi connectivity index (χ0n) is 18.0. The average Bonchev–Trinajstić information content (AvgIpc) is 2.83. The molecule has 0 saturated heterocycles. The Morgan fingerprint density at radius 1 is 0.939 bits per heavy atom. The number of nitrogens with one attached hydrogen (secondary N) is 1. The molecule has 0 spiro atoms. The Morgan fingerprint density at radius 3 is 2.27 bits per heavy atom. The van der Waals surface area contributed by atoms with Crippen molar-refractivity contribution in [3.05, 3.63) is 71.8 Å². The molecule has 0 saturated carbocycles. The van der Waals surface area contributed by atoms with Gasteiger partial charge in [0, 0.05) is 41.2 Å². The van der Waals surface area contributed by atoms with Crippen molar-refractivity contribution in [2.24, 2.45) is 0 Å². The minimum atomic E-state index is -0.588. The van der Waals surface area contributed by atoms with Crippen LogP contribution in [0.15, 0.2) is 60.7 Å². The first-order chi connectivity index (χ1) is 16.0. The first-order valence-electron chi connectivity index (χ1n) is 10.5. The van der Waals surface area contributed by atoms with Crippen molar-refractivity contribution in [2.75, 3.05) is 25.6 Å². The summed E-state index contributed by atoms with van der Waals surface area (Å²) in [5.41, 5.74) is 1.46. The number of carbonyl (C=O) groups excluding carboxylic acids is 4. The number of amides is 3. The Morgan fingerprint density at radius 2 is 1.61 bits per heavy atom. The highest BCUT2D eigenvalue weighted by molar-refractivity contribution is 6.25. The molecule has 0 unspecified atom stereocenters. The number of esters is 1. The van der Waals surface area contributed by atoms with E-state index in [1.54, 1.807) is 48.5 Å². The van der Waals surface area contributed by atoms with E-state index in [0.29, 0.717) is 28.0 Å². The molecule has 168 valence electrons. The van der Waals surface area contributed by atoms with Crippen LogP contribution in [-0.2, 0) is 14.3 Å². The van der Waals surface area contributed by atoms with E-state index in [1.165, 1.54) is 7.11 Å². The van der Waals surface area contributed by atoms with E-state index < -0.39 is 18.5 Å². The van der Waals surface area contributed by atoms with Crippen LogP contribution in [-0.4, -0.2) is 48.9 Å². The fraction of sp³-hybridized carbons (Fsp3) is 0.200. The highest BCUT2D eigenvalue weighted by Crippen LogP contribution is 2.30. The van der Waals surface area contributed by atoms with Crippen LogP contribution in [0.2, 0.25) is 0 Å². The quantitative estimate of drug-likeness (QED) is 0.420. The monoisotopic (exact) mass is 446 g/mol. The maximum atomic E-state index is 12.9. The SMILES string of the molecule is COc1cccc(NC(=O)COC(=O)CCCN2C(=O)c3cccc4cccc(c34)C2=O)c1. The van der Waals surface area contributed by atoms with Crippen LogP contribution in [0.4, 0.5) is 5.69 Å². The zero-order valence-corrected chi connectivity index (χ0v) is 18.0. The first-order valence-corrected chi connectivity index (χ1v) is 10.5. The Hall–Kier alpha value is -4.20. The maximum absolute atomic E-state index is 12.9. The molecule has 3 aromatic carbocycles. The van der Waals surface area contributed by atoms with E-state index in [4.69, 9.17) is 9.47 Å². The number of benzene rings is 3. The van der Waals surface area contributed by atoms with Gasteiger partial charge in [0.15, 0.2) is 6.61 Å². The first kappa shape index (κ1) is 22.0. The third-order valence-corrected chi connectivity index (χ3v) is 5.34. The van der Waals surface area contributed by atoms with Crippen LogP contribution in [0.3, 0.4) is 0 Å². The predicted molar refractivity (Wildman–Crippen MR) is 121 cm³/mol. The molecule has 1 heterocycles. The molecule has 1 aliphatic rings.